The smallest absolute Gasteiger partial charge is 0.186 e. The van der Waals surface area contributed by atoms with Crippen molar-refractivity contribution in [3.05, 3.63) is 0 Å². The van der Waals surface area contributed by atoms with Gasteiger partial charge in [-0.15, -0.1) is 0 Å². The van der Waals surface area contributed by atoms with E-state index in [1.807, 2.05) is 0 Å². The predicted molar refractivity (Wildman–Crippen MR) is 150 cm³/mol. The fourth-order valence-electron chi connectivity index (χ4n) is 11.7. The summed E-state index contributed by atoms with van der Waals surface area (Å²) >= 11 is 0. The predicted octanol–water partition coefficient (Wildman–Crippen LogP) is 3.62. The van der Waals surface area contributed by atoms with Gasteiger partial charge in [-0.05, 0) is 104 Å². The third-order valence-corrected chi connectivity index (χ3v) is 14.1. The van der Waals surface area contributed by atoms with E-state index in [9.17, 15) is 20.4 Å². The SMILES string of the molecule is C[C@@H]1CC[C@@]2(OC1)O[C@H]1C[C@H]3[C@@H]4CC[C@@H]5C[C@@H](O[C@@H]6O[C@H](CO)[C@H](O)[C@H](O)[C@H]6O)CC[C@]5(C)[C@H]4CC[C@]3(C)[C@H]1[C@@H]2C. The Kier molecular flexibility index (Phi) is 7.43. The maximum Gasteiger partial charge on any atom is 0.186 e. The Bertz CT molecular complexity index is 967. The normalized spacial score (nSPS) is 60.3. The number of hydrogen-bond acceptors (Lipinski definition) is 8. The molecule has 0 aromatic rings. The van der Waals surface area contributed by atoms with Crippen LogP contribution in [0.15, 0.2) is 0 Å². The molecule has 4 N–H and O–H groups in total. The minimum Gasteiger partial charge on any atom is -0.394 e. The lowest BCUT2D eigenvalue weighted by Crippen LogP contribution is -2.60. The molecular formula is C33H54O8. The van der Waals surface area contributed by atoms with Gasteiger partial charge in [0.15, 0.2) is 12.1 Å². The molecule has 0 unspecified atom stereocenters. The van der Waals surface area contributed by atoms with E-state index in [0.29, 0.717) is 35.2 Å². The lowest BCUT2D eigenvalue weighted by atomic mass is 9.44. The Labute approximate surface area is 245 Å². The van der Waals surface area contributed by atoms with E-state index in [4.69, 9.17) is 18.9 Å². The molecule has 0 aromatic heterocycles. The number of hydrogen-bond donors (Lipinski definition) is 4. The standard InChI is InChI=1S/C33H54O8/c1-17-7-12-33(38-16-17)18(2)26-24(41-33)14-23-21-6-5-19-13-20(8-10-31(19,3)22(21)9-11-32(23,26)4)39-30-29(37)28(36)27(35)25(15-34)40-30/h17-30,34-37H,5-16H2,1-4H3/t17-,18+,19-,20+,21-,22+,23+,24+,25-,26+,27+,28+,29-,30-,31+,32+,33-/m1/s1. The van der Waals surface area contributed by atoms with Gasteiger partial charge in [-0.3, -0.25) is 0 Å². The summed E-state index contributed by atoms with van der Waals surface area (Å²) in [5.74, 6) is 4.08. The van der Waals surface area contributed by atoms with Gasteiger partial charge in [0.1, 0.15) is 24.4 Å². The molecule has 3 aliphatic heterocycles. The Morgan fingerprint density at radius 1 is 0.829 bits per heavy atom. The third kappa shape index (κ3) is 4.36. The molecule has 17 atom stereocenters. The van der Waals surface area contributed by atoms with Crippen LogP contribution in [0.4, 0.5) is 0 Å². The molecule has 7 aliphatic rings. The Morgan fingerprint density at radius 2 is 1.61 bits per heavy atom. The second-order valence-corrected chi connectivity index (χ2v) is 15.9. The van der Waals surface area contributed by atoms with Gasteiger partial charge >= 0.3 is 0 Å². The first-order chi connectivity index (χ1) is 19.5. The van der Waals surface area contributed by atoms with Crippen LogP contribution < -0.4 is 0 Å². The van der Waals surface area contributed by atoms with E-state index in [1.165, 1.54) is 38.5 Å². The van der Waals surface area contributed by atoms with E-state index in [0.717, 1.165) is 50.0 Å². The first-order valence-corrected chi connectivity index (χ1v) is 16.8. The van der Waals surface area contributed by atoms with E-state index in [-0.39, 0.29) is 17.3 Å². The summed E-state index contributed by atoms with van der Waals surface area (Å²) in [6.45, 7) is 10.3. The van der Waals surface area contributed by atoms with Crippen molar-refractivity contribution >= 4 is 0 Å². The fraction of sp³-hybridized carbons (Fsp3) is 1.00. The largest absolute Gasteiger partial charge is 0.394 e. The van der Waals surface area contributed by atoms with Crippen LogP contribution >= 0.6 is 0 Å². The van der Waals surface area contributed by atoms with Gasteiger partial charge in [-0.2, -0.15) is 0 Å². The van der Waals surface area contributed by atoms with Gasteiger partial charge < -0.3 is 39.4 Å². The summed E-state index contributed by atoms with van der Waals surface area (Å²) in [6, 6.07) is 0. The molecule has 3 saturated heterocycles. The molecule has 4 saturated carbocycles. The van der Waals surface area contributed by atoms with Crippen LogP contribution in [0.1, 0.15) is 91.9 Å². The summed E-state index contributed by atoms with van der Waals surface area (Å²) in [5, 5.41) is 40.4. The molecule has 0 bridgehead atoms. The molecule has 41 heavy (non-hydrogen) atoms. The number of aliphatic hydroxyl groups is 4. The van der Waals surface area contributed by atoms with Crippen molar-refractivity contribution in [1.82, 2.24) is 0 Å². The molecule has 8 nitrogen and oxygen atoms in total. The first-order valence-electron chi connectivity index (χ1n) is 16.8. The van der Waals surface area contributed by atoms with Crippen molar-refractivity contribution < 1.29 is 39.4 Å². The molecule has 3 heterocycles. The van der Waals surface area contributed by atoms with Crippen LogP contribution in [0.25, 0.3) is 0 Å². The zero-order chi connectivity index (χ0) is 28.9. The van der Waals surface area contributed by atoms with Crippen LogP contribution in [0.5, 0.6) is 0 Å². The van der Waals surface area contributed by atoms with E-state index >= 15 is 0 Å². The molecule has 7 rings (SSSR count). The highest BCUT2D eigenvalue weighted by atomic mass is 16.7. The van der Waals surface area contributed by atoms with Crippen LogP contribution in [0, 0.1) is 52.3 Å². The molecule has 234 valence electrons. The Hall–Kier alpha value is -0.320. The third-order valence-electron chi connectivity index (χ3n) is 14.1. The highest BCUT2D eigenvalue weighted by Crippen LogP contribution is 2.71. The molecule has 0 amide bonds. The maximum absolute atomic E-state index is 10.5. The maximum atomic E-state index is 10.5. The molecule has 7 fully saturated rings. The van der Waals surface area contributed by atoms with Crippen LogP contribution in [0.3, 0.4) is 0 Å². The number of ether oxygens (including phenoxy) is 4. The fourth-order valence-corrected chi connectivity index (χ4v) is 11.7. The zero-order valence-corrected chi connectivity index (χ0v) is 25.5. The zero-order valence-electron chi connectivity index (χ0n) is 25.5. The number of rotatable bonds is 3. The lowest BCUT2D eigenvalue weighted by molar-refractivity contribution is -0.316. The van der Waals surface area contributed by atoms with Gasteiger partial charge in [0.05, 0.1) is 25.4 Å². The van der Waals surface area contributed by atoms with Crippen molar-refractivity contribution in [3.8, 4) is 0 Å². The molecular weight excluding hydrogens is 524 g/mol. The quantitative estimate of drug-likeness (QED) is 0.375. The van der Waals surface area contributed by atoms with Crippen molar-refractivity contribution in [2.24, 2.45) is 52.3 Å². The number of fused-ring (bicyclic) bond motifs is 7. The van der Waals surface area contributed by atoms with Crippen molar-refractivity contribution in [3.63, 3.8) is 0 Å². The van der Waals surface area contributed by atoms with Crippen LogP contribution in [-0.2, 0) is 18.9 Å². The highest BCUT2D eigenvalue weighted by molar-refractivity contribution is 5.15. The molecule has 8 heteroatoms. The lowest BCUT2D eigenvalue weighted by Gasteiger charge is -2.61. The minimum absolute atomic E-state index is 0.0607. The molecule has 0 radical (unpaired) electrons. The van der Waals surface area contributed by atoms with Gasteiger partial charge in [-0.1, -0.05) is 27.7 Å². The van der Waals surface area contributed by atoms with Crippen molar-refractivity contribution in [2.75, 3.05) is 13.2 Å². The minimum atomic E-state index is -1.40. The van der Waals surface area contributed by atoms with E-state index in [1.54, 1.807) is 0 Å². The Morgan fingerprint density at radius 3 is 2.34 bits per heavy atom. The summed E-state index contributed by atoms with van der Waals surface area (Å²) < 4.78 is 25.4. The summed E-state index contributed by atoms with van der Waals surface area (Å²) in [5.41, 5.74) is 0.612. The van der Waals surface area contributed by atoms with Crippen LogP contribution in [-0.4, -0.2) is 82.3 Å². The average molecular weight is 579 g/mol. The van der Waals surface area contributed by atoms with E-state index in [2.05, 4.69) is 27.7 Å². The molecule has 1 spiro atoms. The summed E-state index contributed by atoms with van der Waals surface area (Å²) in [7, 11) is 0. The summed E-state index contributed by atoms with van der Waals surface area (Å²) in [6.07, 6.45) is 5.64. The van der Waals surface area contributed by atoms with Gasteiger partial charge in [0.2, 0.25) is 0 Å². The molecule has 0 aromatic carbocycles. The van der Waals surface area contributed by atoms with Crippen molar-refractivity contribution in [2.45, 2.75) is 141 Å². The van der Waals surface area contributed by atoms with Crippen molar-refractivity contribution in [1.29, 1.82) is 0 Å². The Balaban J connectivity index is 1.03. The van der Waals surface area contributed by atoms with Crippen LogP contribution in [0.2, 0.25) is 0 Å². The van der Waals surface area contributed by atoms with Gasteiger partial charge in [-0.25, -0.2) is 0 Å². The highest BCUT2D eigenvalue weighted by Gasteiger charge is 2.69. The summed E-state index contributed by atoms with van der Waals surface area (Å²) in [4.78, 5) is 0. The topological polar surface area (TPSA) is 118 Å². The number of aliphatic hydroxyl groups excluding tert-OH is 4. The van der Waals surface area contributed by atoms with E-state index < -0.39 is 37.3 Å². The second-order valence-electron chi connectivity index (χ2n) is 15.9. The average Bonchev–Trinajstić information content (AvgIpc) is 3.40. The molecule has 4 aliphatic carbocycles. The first kappa shape index (κ1) is 29.4. The van der Waals surface area contributed by atoms with Gasteiger partial charge in [0.25, 0.3) is 0 Å². The monoisotopic (exact) mass is 578 g/mol. The van der Waals surface area contributed by atoms with Gasteiger partial charge in [0, 0.05) is 12.3 Å². The second kappa shape index (κ2) is 10.4.